The Morgan fingerprint density at radius 2 is 2.14 bits per heavy atom. The van der Waals surface area contributed by atoms with E-state index < -0.39 is 0 Å². The van der Waals surface area contributed by atoms with Gasteiger partial charge in [-0.15, -0.1) is 24.0 Å². The number of amides is 1. The Kier molecular flexibility index (Phi) is 8.86. The Labute approximate surface area is 148 Å². The molecule has 1 fully saturated rings. The molecule has 1 aromatic rings. The van der Waals surface area contributed by atoms with Crippen LogP contribution in [0.4, 0.5) is 0 Å². The minimum absolute atomic E-state index is 0. The maximum Gasteiger partial charge on any atom is 0.223 e. The molecule has 0 bridgehead atoms. The van der Waals surface area contributed by atoms with Crippen LogP contribution in [0.25, 0.3) is 0 Å². The van der Waals surface area contributed by atoms with Crippen LogP contribution in [0.1, 0.15) is 19.8 Å². The van der Waals surface area contributed by atoms with Gasteiger partial charge >= 0.3 is 0 Å². The number of hydrogen-bond acceptors (Lipinski definition) is 3. The zero-order valence-electron chi connectivity index (χ0n) is 12.9. The van der Waals surface area contributed by atoms with Gasteiger partial charge in [0.05, 0.1) is 13.1 Å². The van der Waals surface area contributed by atoms with E-state index in [2.05, 4.69) is 26.0 Å². The first-order chi connectivity index (χ1) is 10.3. The molecule has 124 valence electrons. The first-order valence-electron chi connectivity index (χ1n) is 7.57. The van der Waals surface area contributed by atoms with Crippen LogP contribution in [0.3, 0.4) is 0 Å². The van der Waals surface area contributed by atoms with E-state index >= 15 is 0 Å². The highest BCUT2D eigenvalue weighted by Crippen LogP contribution is 2.28. The van der Waals surface area contributed by atoms with Crippen LogP contribution in [-0.4, -0.2) is 47.8 Å². The van der Waals surface area contributed by atoms with Crippen molar-refractivity contribution in [3.05, 3.63) is 18.5 Å². The number of rotatable bonds is 8. The highest BCUT2D eigenvalue weighted by molar-refractivity contribution is 14.0. The fraction of sp³-hybridized carbons (Fsp3) is 0.643. The van der Waals surface area contributed by atoms with Gasteiger partial charge < -0.3 is 16.0 Å². The van der Waals surface area contributed by atoms with Crippen molar-refractivity contribution in [1.82, 2.24) is 25.7 Å². The summed E-state index contributed by atoms with van der Waals surface area (Å²) in [5, 5.41) is 13.5. The van der Waals surface area contributed by atoms with Crippen LogP contribution >= 0.6 is 24.0 Å². The first kappa shape index (κ1) is 18.7. The Morgan fingerprint density at radius 1 is 1.32 bits per heavy atom. The van der Waals surface area contributed by atoms with Gasteiger partial charge in [0.25, 0.3) is 0 Å². The van der Waals surface area contributed by atoms with Gasteiger partial charge in [0.1, 0.15) is 0 Å². The highest BCUT2D eigenvalue weighted by Gasteiger charge is 2.28. The van der Waals surface area contributed by atoms with Crippen molar-refractivity contribution in [2.45, 2.75) is 26.3 Å². The second-order valence-corrected chi connectivity index (χ2v) is 5.02. The minimum Gasteiger partial charge on any atom is -0.357 e. The molecular weight excluding hydrogens is 395 g/mol. The normalized spacial score (nSPS) is 14.1. The average Bonchev–Trinajstić information content (AvgIpc) is 3.21. The second kappa shape index (κ2) is 10.4. The SMILES string of the molecule is CCNC(=NCCNC(=O)C1CC1)NCCn1cccn1.I. The zero-order valence-corrected chi connectivity index (χ0v) is 15.2. The number of guanidine groups is 1. The summed E-state index contributed by atoms with van der Waals surface area (Å²) in [5.74, 6) is 1.20. The van der Waals surface area contributed by atoms with Crippen LogP contribution in [0.2, 0.25) is 0 Å². The summed E-state index contributed by atoms with van der Waals surface area (Å²) in [4.78, 5) is 15.9. The molecule has 22 heavy (non-hydrogen) atoms. The molecule has 0 atom stereocenters. The molecular formula is C14H25IN6O. The lowest BCUT2D eigenvalue weighted by atomic mass is 10.4. The van der Waals surface area contributed by atoms with E-state index in [-0.39, 0.29) is 35.8 Å². The van der Waals surface area contributed by atoms with E-state index in [4.69, 9.17) is 0 Å². The minimum atomic E-state index is 0. The maximum absolute atomic E-state index is 11.5. The summed E-state index contributed by atoms with van der Waals surface area (Å²) in [5.41, 5.74) is 0. The molecule has 0 spiro atoms. The zero-order chi connectivity index (χ0) is 14.9. The average molecular weight is 420 g/mol. The van der Waals surface area contributed by atoms with Gasteiger partial charge in [0.2, 0.25) is 5.91 Å². The smallest absolute Gasteiger partial charge is 0.223 e. The summed E-state index contributed by atoms with van der Waals surface area (Å²) < 4.78 is 1.87. The third-order valence-electron chi connectivity index (χ3n) is 3.17. The van der Waals surface area contributed by atoms with Crippen LogP contribution in [0, 0.1) is 5.92 Å². The summed E-state index contributed by atoms with van der Waals surface area (Å²) >= 11 is 0. The van der Waals surface area contributed by atoms with Crippen molar-refractivity contribution in [3.63, 3.8) is 0 Å². The largest absolute Gasteiger partial charge is 0.357 e. The number of aromatic nitrogens is 2. The van der Waals surface area contributed by atoms with Gasteiger partial charge in [0.15, 0.2) is 5.96 Å². The predicted molar refractivity (Wildman–Crippen MR) is 97.4 cm³/mol. The summed E-state index contributed by atoms with van der Waals surface area (Å²) in [6.07, 6.45) is 5.76. The molecule has 0 unspecified atom stereocenters. The van der Waals surface area contributed by atoms with Crippen molar-refractivity contribution < 1.29 is 4.79 Å². The molecule has 0 saturated heterocycles. The van der Waals surface area contributed by atoms with Gasteiger partial charge in [-0.25, -0.2) is 0 Å². The lowest BCUT2D eigenvalue weighted by molar-refractivity contribution is -0.122. The molecule has 1 aliphatic carbocycles. The Balaban J connectivity index is 0.00000242. The second-order valence-electron chi connectivity index (χ2n) is 5.02. The van der Waals surface area contributed by atoms with E-state index in [1.54, 1.807) is 6.20 Å². The summed E-state index contributed by atoms with van der Waals surface area (Å²) in [6, 6.07) is 1.90. The van der Waals surface area contributed by atoms with E-state index in [9.17, 15) is 4.79 Å². The molecule has 0 aliphatic heterocycles. The number of halogens is 1. The van der Waals surface area contributed by atoms with E-state index in [1.807, 2.05) is 23.9 Å². The van der Waals surface area contributed by atoms with E-state index in [0.717, 1.165) is 38.4 Å². The molecule has 7 nitrogen and oxygen atoms in total. The third kappa shape index (κ3) is 7.10. The quantitative estimate of drug-likeness (QED) is 0.249. The topological polar surface area (TPSA) is 83.3 Å². The first-order valence-corrected chi connectivity index (χ1v) is 7.57. The molecule has 0 aromatic carbocycles. The van der Waals surface area contributed by atoms with Crippen LogP contribution < -0.4 is 16.0 Å². The number of hydrogen-bond donors (Lipinski definition) is 3. The fourth-order valence-electron chi connectivity index (χ4n) is 1.90. The fourth-order valence-corrected chi connectivity index (χ4v) is 1.90. The lowest BCUT2D eigenvalue weighted by Gasteiger charge is -2.11. The number of nitrogens with zero attached hydrogens (tertiary/aromatic N) is 3. The molecule has 2 rings (SSSR count). The number of aliphatic imine (C=N–C) groups is 1. The molecule has 3 N–H and O–H groups in total. The number of carbonyl (C=O) groups is 1. The van der Waals surface area contributed by atoms with Crippen molar-refractivity contribution >= 4 is 35.8 Å². The summed E-state index contributed by atoms with van der Waals surface area (Å²) in [7, 11) is 0. The summed E-state index contributed by atoms with van der Waals surface area (Å²) in [6.45, 7) is 5.54. The number of carbonyl (C=O) groups excluding carboxylic acids is 1. The molecule has 1 amide bonds. The van der Waals surface area contributed by atoms with E-state index in [0.29, 0.717) is 13.1 Å². The van der Waals surface area contributed by atoms with E-state index in [1.165, 1.54) is 0 Å². The van der Waals surface area contributed by atoms with Crippen molar-refractivity contribution in [1.29, 1.82) is 0 Å². The maximum atomic E-state index is 11.5. The van der Waals surface area contributed by atoms with Crippen molar-refractivity contribution in [3.8, 4) is 0 Å². The van der Waals surface area contributed by atoms with Crippen LogP contribution in [0.15, 0.2) is 23.5 Å². The Hall–Kier alpha value is -1.32. The Morgan fingerprint density at radius 3 is 2.77 bits per heavy atom. The monoisotopic (exact) mass is 420 g/mol. The van der Waals surface area contributed by atoms with Crippen molar-refractivity contribution in [2.75, 3.05) is 26.2 Å². The highest BCUT2D eigenvalue weighted by atomic mass is 127. The van der Waals surface area contributed by atoms with Gasteiger partial charge in [-0.1, -0.05) is 0 Å². The van der Waals surface area contributed by atoms with Crippen LogP contribution in [0.5, 0.6) is 0 Å². The van der Waals surface area contributed by atoms with Gasteiger partial charge in [-0.2, -0.15) is 5.10 Å². The van der Waals surface area contributed by atoms with Crippen LogP contribution in [-0.2, 0) is 11.3 Å². The molecule has 1 saturated carbocycles. The lowest BCUT2D eigenvalue weighted by Crippen LogP contribution is -2.39. The molecule has 0 radical (unpaired) electrons. The number of nitrogens with one attached hydrogen (secondary N) is 3. The third-order valence-corrected chi connectivity index (χ3v) is 3.17. The van der Waals surface area contributed by atoms with Gasteiger partial charge in [0, 0.05) is 37.9 Å². The standard InChI is InChI=1S/C14H24N6O.HI/c1-2-15-14(18-9-11-20-10-3-6-19-20)17-8-7-16-13(21)12-4-5-12;/h3,6,10,12H,2,4-5,7-9,11H2,1H3,(H,16,21)(H2,15,17,18);1H. The van der Waals surface area contributed by atoms with Gasteiger partial charge in [-0.3, -0.25) is 14.5 Å². The van der Waals surface area contributed by atoms with Gasteiger partial charge in [-0.05, 0) is 25.8 Å². The molecule has 1 aromatic heterocycles. The molecule has 8 heteroatoms. The molecule has 1 aliphatic rings. The predicted octanol–water partition coefficient (Wildman–Crippen LogP) is 0.582. The Bertz CT molecular complexity index is 458. The molecule has 1 heterocycles. The van der Waals surface area contributed by atoms with Crippen molar-refractivity contribution in [2.24, 2.45) is 10.9 Å².